The number of thioether (sulfide) groups is 1. The molecule has 0 bridgehead atoms. The summed E-state index contributed by atoms with van der Waals surface area (Å²) in [4.78, 5) is 2.43. The lowest BCUT2D eigenvalue weighted by atomic mass is 10.3. The van der Waals surface area contributed by atoms with Gasteiger partial charge in [-0.05, 0) is 62.3 Å². The largest absolute Gasteiger partial charge is 0.493 e. The Bertz CT molecular complexity index is 879. The Morgan fingerprint density at radius 1 is 0.964 bits per heavy atom. The summed E-state index contributed by atoms with van der Waals surface area (Å²) >= 11 is 1.61. The van der Waals surface area contributed by atoms with Crippen molar-refractivity contribution >= 4 is 11.8 Å². The smallest absolute Gasteiger partial charge is 0.195 e. The zero-order valence-corrected chi connectivity index (χ0v) is 16.4. The monoisotopic (exact) mass is 398 g/mol. The number of rotatable bonds is 8. The quantitative estimate of drug-likeness (QED) is 0.421. The molecule has 4 rings (SSSR count). The number of likely N-dealkylation sites (tertiary alicyclic amines) is 1. The van der Waals surface area contributed by atoms with Crippen molar-refractivity contribution in [2.75, 3.05) is 25.4 Å². The molecule has 1 aromatic heterocycles. The first-order chi connectivity index (χ1) is 13.8. The molecule has 3 aromatic rings. The van der Waals surface area contributed by atoms with Crippen LogP contribution in [0.3, 0.4) is 0 Å². The molecular formula is C21H23FN4OS. The fourth-order valence-electron chi connectivity index (χ4n) is 3.30. The predicted octanol–water partition coefficient (Wildman–Crippen LogP) is 4.17. The van der Waals surface area contributed by atoms with Crippen LogP contribution >= 0.6 is 11.8 Å². The van der Waals surface area contributed by atoms with E-state index in [1.807, 2.05) is 18.2 Å². The third kappa shape index (κ3) is 4.72. The lowest BCUT2D eigenvalue weighted by Gasteiger charge is -2.16. The second-order valence-electron chi connectivity index (χ2n) is 6.70. The van der Waals surface area contributed by atoms with Crippen LogP contribution in [-0.4, -0.2) is 45.1 Å². The van der Waals surface area contributed by atoms with Gasteiger partial charge in [0.15, 0.2) is 11.0 Å². The first-order valence-corrected chi connectivity index (χ1v) is 10.5. The summed E-state index contributed by atoms with van der Waals surface area (Å²) < 4.78 is 20.8. The molecule has 0 atom stereocenters. The number of hydrogen-bond acceptors (Lipinski definition) is 5. The molecule has 0 aliphatic carbocycles. The van der Waals surface area contributed by atoms with E-state index in [0.717, 1.165) is 42.1 Å². The fraction of sp³-hybridized carbons (Fsp3) is 0.333. The van der Waals surface area contributed by atoms with Crippen molar-refractivity contribution in [2.45, 2.75) is 24.5 Å². The van der Waals surface area contributed by atoms with Crippen LogP contribution in [0.2, 0.25) is 0 Å². The molecule has 0 saturated carbocycles. The average molecular weight is 399 g/mol. The number of aromatic nitrogens is 3. The van der Waals surface area contributed by atoms with E-state index < -0.39 is 0 Å². The highest BCUT2D eigenvalue weighted by Gasteiger charge is 2.19. The number of benzene rings is 2. The minimum absolute atomic E-state index is 0.261. The second kappa shape index (κ2) is 9.21. The van der Waals surface area contributed by atoms with Crippen molar-refractivity contribution in [1.29, 1.82) is 0 Å². The van der Waals surface area contributed by atoms with Crippen LogP contribution in [0.1, 0.15) is 18.7 Å². The van der Waals surface area contributed by atoms with Crippen LogP contribution < -0.4 is 4.74 Å². The normalized spacial score (nSPS) is 14.5. The Kier molecular flexibility index (Phi) is 6.24. The minimum atomic E-state index is -0.261. The predicted molar refractivity (Wildman–Crippen MR) is 108 cm³/mol. The maximum atomic E-state index is 13.0. The fourth-order valence-corrected chi connectivity index (χ4v) is 4.08. The Hall–Kier alpha value is -2.38. The van der Waals surface area contributed by atoms with Gasteiger partial charge in [0.05, 0.1) is 13.2 Å². The number of ether oxygens (including phenoxy) is 1. The molecule has 1 aliphatic heterocycles. The molecule has 2 heterocycles. The SMILES string of the molecule is Fc1ccc(OCCSc2nnc(CN3CCCC3)n2-c2ccccc2)cc1. The van der Waals surface area contributed by atoms with E-state index in [9.17, 15) is 4.39 Å². The Balaban J connectivity index is 1.43. The lowest BCUT2D eigenvalue weighted by Crippen LogP contribution is -2.21. The lowest BCUT2D eigenvalue weighted by molar-refractivity contribution is 0.319. The number of hydrogen-bond donors (Lipinski definition) is 0. The molecule has 1 saturated heterocycles. The molecule has 7 heteroatoms. The molecule has 5 nitrogen and oxygen atoms in total. The van der Waals surface area contributed by atoms with Gasteiger partial charge in [0.25, 0.3) is 0 Å². The summed E-state index contributed by atoms with van der Waals surface area (Å²) in [5, 5.41) is 9.77. The van der Waals surface area contributed by atoms with Crippen molar-refractivity contribution in [3.8, 4) is 11.4 Å². The van der Waals surface area contributed by atoms with Gasteiger partial charge in [-0.3, -0.25) is 9.47 Å². The molecule has 0 N–H and O–H groups in total. The highest BCUT2D eigenvalue weighted by Crippen LogP contribution is 2.24. The third-order valence-electron chi connectivity index (χ3n) is 4.68. The van der Waals surface area contributed by atoms with Crippen LogP contribution in [0, 0.1) is 5.82 Å². The third-order valence-corrected chi connectivity index (χ3v) is 5.57. The van der Waals surface area contributed by atoms with Crippen LogP contribution in [0.25, 0.3) is 5.69 Å². The van der Waals surface area contributed by atoms with Gasteiger partial charge < -0.3 is 4.74 Å². The standard InChI is InChI=1S/C21H23FN4OS/c22-17-8-10-19(11-9-17)27-14-15-28-21-24-23-20(16-25-12-4-5-13-25)26(21)18-6-2-1-3-7-18/h1-3,6-11H,4-5,12-16H2. The van der Waals surface area contributed by atoms with Gasteiger partial charge in [0.2, 0.25) is 0 Å². The highest BCUT2D eigenvalue weighted by molar-refractivity contribution is 7.99. The Morgan fingerprint density at radius 3 is 2.46 bits per heavy atom. The van der Waals surface area contributed by atoms with Crippen molar-refractivity contribution in [1.82, 2.24) is 19.7 Å². The van der Waals surface area contributed by atoms with E-state index in [1.54, 1.807) is 23.9 Å². The van der Waals surface area contributed by atoms with Crippen molar-refractivity contribution in [2.24, 2.45) is 0 Å². The van der Waals surface area contributed by atoms with Crippen LogP contribution in [0.4, 0.5) is 4.39 Å². The molecule has 28 heavy (non-hydrogen) atoms. The zero-order valence-electron chi connectivity index (χ0n) is 15.6. The first kappa shape index (κ1) is 19.0. The van der Waals surface area contributed by atoms with Gasteiger partial charge in [-0.15, -0.1) is 10.2 Å². The zero-order chi connectivity index (χ0) is 19.2. The molecule has 2 aromatic carbocycles. The van der Waals surface area contributed by atoms with Gasteiger partial charge >= 0.3 is 0 Å². The van der Waals surface area contributed by atoms with Crippen LogP contribution in [-0.2, 0) is 6.54 Å². The van der Waals surface area contributed by atoms with Gasteiger partial charge in [0, 0.05) is 11.4 Å². The molecule has 1 aliphatic rings. The second-order valence-corrected chi connectivity index (χ2v) is 7.77. The first-order valence-electron chi connectivity index (χ1n) is 9.53. The van der Waals surface area contributed by atoms with Gasteiger partial charge in [0.1, 0.15) is 11.6 Å². The molecule has 0 unspecified atom stereocenters. The maximum Gasteiger partial charge on any atom is 0.195 e. The van der Waals surface area contributed by atoms with Crippen LogP contribution in [0.5, 0.6) is 5.75 Å². The van der Waals surface area contributed by atoms with Crippen molar-refractivity contribution in [3.05, 3.63) is 66.2 Å². The molecule has 1 fully saturated rings. The molecule has 0 radical (unpaired) electrons. The summed E-state index contributed by atoms with van der Waals surface area (Å²) in [7, 11) is 0. The Labute approximate surface area is 168 Å². The van der Waals surface area contributed by atoms with E-state index in [0.29, 0.717) is 12.4 Å². The summed E-state index contributed by atoms with van der Waals surface area (Å²) in [5.74, 6) is 2.10. The van der Waals surface area contributed by atoms with Crippen molar-refractivity contribution < 1.29 is 9.13 Å². The van der Waals surface area contributed by atoms with E-state index in [2.05, 4.69) is 31.8 Å². The van der Waals surface area contributed by atoms with Gasteiger partial charge in [-0.2, -0.15) is 0 Å². The molecule has 0 amide bonds. The van der Waals surface area contributed by atoms with E-state index in [1.165, 1.54) is 25.0 Å². The highest BCUT2D eigenvalue weighted by atomic mass is 32.2. The topological polar surface area (TPSA) is 43.2 Å². The maximum absolute atomic E-state index is 13.0. The summed E-state index contributed by atoms with van der Waals surface area (Å²) in [6, 6.07) is 16.3. The van der Waals surface area contributed by atoms with E-state index in [-0.39, 0.29) is 5.82 Å². The average Bonchev–Trinajstić information content (AvgIpc) is 3.38. The molecule has 0 spiro atoms. The summed E-state index contributed by atoms with van der Waals surface area (Å²) in [5.41, 5.74) is 1.07. The minimum Gasteiger partial charge on any atom is -0.493 e. The molecule has 146 valence electrons. The summed E-state index contributed by atoms with van der Waals surface area (Å²) in [6.45, 7) is 3.57. The number of nitrogens with zero attached hydrogens (tertiary/aromatic N) is 4. The number of halogens is 1. The number of para-hydroxylation sites is 1. The van der Waals surface area contributed by atoms with Gasteiger partial charge in [-0.1, -0.05) is 30.0 Å². The summed E-state index contributed by atoms with van der Waals surface area (Å²) in [6.07, 6.45) is 2.50. The molecular weight excluding hydrogens is 375 g/mol. The van der Waals surface area contributed by atoms with Crippen molar-refractivity contribution in [3.63, 3.8) is 0 Å². The van der Waals surface area contributed by atoms with Crippen LogP contribution in [0.15, 0.2) is 59.8 Å². The van der Waals surface area contributed by atoms with E-state index in [4.69, 9.17) is 4.74 Å². The van der Waals surface area contributed by atoms with E-state index >= 15 is 0 Å². The Morgan fingerprint density at radius 2 is 1.71 bits per heavy atom. The van der Waals surface area contributed by atoms with Gasteiger partial charge in [-0.25, -0.2) is 4.39 Å².